The second-order valence-corrected chi connectivity index (χ2v) is 7.83. The SMILES string of the molecule is O=C(NCC(F)(F)F)C1CCCN1C(=O)Cc1csc(-c2ccc(C(F)(F)F)cc2)n1. The normalized spacial score (nSPS) is 17.1. The molecule has 31 heavy (non-hydrogen) atoms. The lowest BCUT2D eigenvalue weighted by atomic mass is 10.1. The molecule has 1 saturated heterocycles. The summed E-state index contributed by atoms with van der Waals surface area (Å²) in [5.74, 6) is -1.30. The van der Waals surface area contributed by atoms with Crippen molar-refractivity contribution in [2.75, 3.05) is 13.1 Å². The number of benzene rings is 1. The first-order valence-corrected chi connectivity index (χ1v) is 10.1. The van der Waals surface area contributed by atoms with Crippen molar-refractivity contribution in [3.8, 4) is 10.6 Å². The molecule has 1 aliphatic rings. The third-order valence-corrected chi connectivity index (χ3v) is 5.62. The number of nitrogens with one attached hydrogen (secondary N) is 1. The molecule has 1 unspecified atom stereocenters. The minimum Gasteiger partial charge on any atom is -0.345 e. The zero-order valence-electron chi connectivity index (χ0n) is 15.9. The molecule has 2 amide bonds. The number of nitrogens with zero attached hydrogens (tertiary/aromatic N) is 2. The smallest absolute Gasteiger partial charge is 0.345 e. The fraction of sp³-hybridized carbons (Fsp3) is 0.421. The van der Waals surface area contributed by atoms with Gasteiger partial charge in [-0.15, -0.1) is 11.3 Å². The van der Waals surface area contributed by atoms with Crippen LogP contribution in [0.4, 0.5) is 26.3 Å². The summed E-state index contributed by atoms with van der Waals surface area (Å²) < 4.78 is 75.0. The van der Waals surface area contributed by atoms with E-state index in [9.17, 15) is 35.9 Å². The van der Waals surface area contributed by atoms with Crippen LogP contribution in [0.2, 0.25) is 0 Å². The van der Waals surface area contributed by atoms with Gasteiger partial charge in [0.05, 0.1) is 17.7 Å². The summed E-state index contributed by atoms with van der Waals surface area (Å²) in [5, 5.41) is 3.81. The lowest BCUT2D eigenvalue weighted by Crippen LogP contribution is -2.48. The van der Waals surface area contributed by atoms with Crippen LogP contribution in [0.25, 0.3) is 10.6 Å². The molecular weight excluding hydrogens is 448 g/mol. The Morgan fingerprint density at radius 1 is 1.13 bits per heavy atom. The van der Waals surface area contributed by atoms with Crippen LogP contribution in [0.1, 0.15) is 24.1 Å². The number of carbonyl (C=O) groups is 2. The number of hydrogen-bond donors (Lipinski definition) is 1. The fourth-order valence-corrected chi connectivity index (χ4v) is 4.05. The highest BCUT2D eigenvalue weighted by Gasteiger charge is 2.36. The topological polar surface area (TPSA) is 62.3 Å². The zero-order chi connectivity index (χ0) is 22.8. The van der Waals surface area contributed by atoms with Crippen LogP contribution >= 0.6 is 11.3 Å². The summed E-state index contributed by atoms with van der Waals surface area (Å²) in [7, 11) is 0. The van der Waals surface area contributed by atoms with E-state index in [0.29, 0.717) is 22.7 Å². The van der Waals surface area contributed by atoms with Crippen molar-refractivity contribution in [3.63, 3.8) is 0 Å². The maximum Gasteiger partial charge on any atom is 0.416 e. The van der Waals surface area contributed by atoms with Gasteiger partial charge in [0.2, 0.25) is 11.8 Å². The summed E-state index contributed by atoms with van der Waals surface area (Å²) >= 11 is 1.15. The molecule has 1 aromatic heterocycles. The average Bonchev–Trinajstić information content (AvgIpc) is 3.34. The zero-order valence-corrected chi connectivity index (χ0v) is 16.7. The fourth-order valence-electron chi connectivity index (χ4n) is 3.22. The van der Waals surface area contributed by atoms with E-state index in [1.54, 1.807) is 10.7 Å². The third kappa shape index (κ3) is 5.96. The molecular formula is C19H17F6N3O2S. The highest BCUT2D eigenvalue weighted by atomic mass is 32.1. The van der Waals surface area contributed by atoms with Crippen molar-refractivity contribution in [2.24, 2.45) is 0 Å². The molecule has 0 saturated carbocycles. The lowest BCUT2D eigenvalue weighted by molar-refractivity contribution is -0.144. The highest BCUT2D eigenvalue weighted by molar-refractivity contribution is 7.13. The number of alkyl halides is 6. The molecule has 12 heteroatoms. The highest BCUT2D eigenvalue weighted by Crippen LogP contribution is 2.32. The van der Waals surface area contributed by atoms with Gasteiger partial charge < -0.3 is 10.2 Å². The molecule has 168 valence electrons. The van der Waals surface area contributed by atoms with Crippen LogP contribution in [0.5, 0.6) is 0 Å². The van der Waals surface area contributed by atoms with Gasteiger partial charge >= 0.3 is 12.4 Å². The number of hydrogen-bond acceptors (Lipinski definition) is 4. The van der Waals surface area contributed by atoms with Gasteiger partial charge in [-0.1, -0.05) is 12.1 Å². The van der Waals surface area contributed by atoms with Gasteiger partial charge in [-0.25, -0.2) is 4.98 Å². The number of thiazole rings is 1. The molecule has 0 spiro atoms. The van der Waals surface area contributed by atoms with E-state index in [0.717, 1.165) is 23.5 Å². The van der Waals surface area contributed by atoms with Gasteiger partial charge in [-0.05, 0) is 25.0 Å². The maximum absolute atomic E-state index is 12.7. The Bertz CT molecular complexity index is 939. The van der Waals surface area contributed by atoms with Crippen LogP contribution in [-0.2, 0) is 22.2 Å². The van der Waals surface area contributed by atoms with Gasteiger partial charge in [0.15, 0.2) is 0 Å². The molecule has 0 aliphatic carbocycles. The monoisotopic (exact) mass is 465 g/mol. The number of rotatable bonds is 5. The number of aromatic nitrogens is 1. The van der Waals surface area contributed by atoms with Gasteiger partial charge in [-0.2, -0.15) is 26.3 Å². The summed E-state index contributed by atoms with van der Waals surface area (Å²) in [6.45, 7) is -1.22. The third-order valence-electron chi connectivity index (χ3n) is 4.68. The molecule has 1 aliphatic heterocycles. The van der Waals surface area contributed by atoms with Gasteiger partial charge in [0.1, 0.15) is 17.6 Å². The van der Waals surface area contributed by atoms with E-state index in [4.69, 9.17) is 0 Å². The molecule has 1 N–H and O–H groups in total. The molecule has 2 aromatic rings. The second kappa shape index (κ2) is 8.85. The second-order valence-electron chi connectivity index (χ2n) is 6.97. The summed E-state index contributed by atoms with van der Waals surface area (Å²) in [6.07, 6.45) is -8.40. The number of likely N-dealkylation sites (tertiary alicyclic amines) is 1. The van der Waals surface area contributed by atoms with Crippen molar-refractivity contribution in [2.45, 2.75) is 37.7 Å². The largest absolute Gasteiger partial charge is 0.416 e. The first-order chi connectivity index (χ1) is 14.4. The standard InChI is InChI=1S/C19H17F6N3O2S/c20-18(21,22)10-26-16(30)14-2-1-7-28(14)15(29)8-13-9-31-17(27-13)11-3-5-12(6-4-11)19(23,24)25/h3-6,9,14H,1-2,7-8,10H2,(H,26,30). The Hall–Kier alpha value is -2.63. The van der Waals surface area contributed by atoms with E-state index in [2.05, 4.69) is 4.98 Å². The van der Waals surface area contributed by atoms with Crippen LogP contribution in [-0.4, -0.2) is 47.0 Å². The van der Waals surface area contributed by atoms with Gasteiger partial charge in [0.25, 0.3) is 0 Å². The van der Waals surface area contributed by atoms with Gasteiger partial charge in [-0.3, -0.25) is 9.59 Å². The van der Waals surface area contributed by atoms with Crippen LogP contribution in [0, 0.1) is 0 Å². The first kappa shape index (κ1) is 23.0. The Morgan fingerprint density at radius 2 is 1.81 bits per heavy atom. The van der Waals surface area contributed by atoms with Crippen molar-refractivity contribution in [1.82, 2.24) is 15.2 Å². The molecule has 2 heterocycles. The molecule has 0 radical (unpaired) electrons. The minimum atomic E-state index is -4.54. The molecule has 5 nitrogen and oxygen atoms in total. The first-order valence-electron chi connectivity index (χ1n) is 9.20. The van der Waals surface area contributed by atoms with Crippen molar-refractivity contribution in [3.05, 3.63) is 40.9 Å². The van der Waals surface area contributed by atoms with E-state index >= 15 is 0 Å². The van der Waals surface area contributed by atoms with Crippen LogP contribution in [0.15, 0.2) is 29.6 Å². The van der Waals surface area contributed by atoms with Crippen molar-refractivity contribution >= 4 is 23.2 Å². The lowest BCUT2D eigenvalue weighted by Gasteiger charge is -2.24. The summed E-state index contributed by atoms with van der Waals surface area (Å²) in [4.78, 5) is 30.1. The summed E-state index contributed by atoms with van der Waals surface area (Å²) in [6, 6.07) is 3.48. The quantitative estimate of drug-likeness (QED) is 0.678. The molecule has 1 fully saturated rings. The number of halogens is 6. The average molecular weight is 465 g/mol. The Balaban J connectivity index is 1.63. The van der Waals surface area contributed by atoms with E-state index in [1.807, 2.05) is 0 Å². The molecule has 3 rings (SSSR count). The minimum absolute atomic E-state index is 0.166. The van der Waals surface area contributed by atoms with Crippen LogP contribution < -0.4 is 5.32 Å². The predicted molar refractivity (Wildman–Crippen MR) is 100 cm³/mol. The molecule has 1 atom stereocenters. The predicted octanol–water partition coefficient (Wildman–Crippen LogP) is 4.04. The maximum atomic E-state index is 12.7. The van der Waals surface area contributed by atoms with E-state index < -0.39 is 42.3 Å². The Labute approximate surface area is 177 Å². The van der Waals surface area contributed by atoms with Crippen LogP contribution in [0.3, 0.4) is 0 Å². The van der Waals surface area contributed by atoms with Crippen molar-refractivity contribution in [1.29, 1.82) is 0 Å². The Kier molecular flexibility index (Phi) is 6.58. The van der Waals surface area contributed by atoms with Gasteiger partial charge in [0, 0.05) is 17.5 Å². The molecule has 1 aromatic carbocycles. The summed E-state index contributed by atoms with van der Waals surface area (Å²) in [5.41, 5.74) is 0.0422. The van der Waals surface area contributed by atoms with E-state index in [-0.39, 0.29) is 19.4 Å². The number of carbonyl (C=O) groups excluding carboxylic acids is 2. The van der Waals surface area contributed by atoms with E-state index in [1.165, 1.54) is 17.0 Å². The molecule has 0 bridgehead atoms. The Morgan fingerprint density at radius 3 is 2.42 bits per heavy atom. The van der Waals surface area contributed by atoms with Crippen molar-refractivity contribution < 1.29 is 35.9 Å². The number of amides is 2.